The van der Waals surface area contributed by atoms with Gasteiger partial charge in [-0.25, -0.2) is 0 Å². The lowest BCUT2D eigenvalue weighted by atomic mass is 9.48. The normalized spacial score (nSPS) is 35.8. The van der Waals surface area contributed by atoms with Gasteiger partial charge in [0.05, 0.1) is 0 Å². The number of hydrogen-bond donors (Lipinski definition) is 0. The molecule has 0 spiro atoms. The lowest BCUT2D eigenvalue weighted by Gasteiger charge is -2.55. The Labute approximate surface area is 133 Å². The molecule has 0 N–H and O–H groups in total. The second-order valence-electron chi connectivity index (χ2n) is 8.28. The molecule has 2 nitrogen and oxygen atoms in total. The molecule has 4 aliphatic rings. The summed E-state index contributed by atoms with van der Waals surface area (Å²) in [5.74, 6) is 3.07. The van der Waals surface area contributed by atoms with Crippen molar-refractivity contribution in [2.45, 2.75) is 65.3 Å². The molecule has 0 amide bonds. The van der Waals surface area contributed by atoms with E-state index in [0.29, 0.717) is 12.3 Å². The molecule has 0 aromatic carbocycles. The zero-order valence-corrected chi connectivity index (χ0v) is 14.0. The second-order valence-corrected chi connectivity index (χ2v) is 8.28. The van der Waals surface area contributed by atoms with Gasteiger partial charge in [-0.05, 0) is 68.8 Å². The minimum Gasteiger partial charge on any atom is -0.292 e. The van der Waals surface area contributed by atoms with Crippen molar-refractivity contribution in [1.82, 2.24) is 0 Å². The van der Waals surface area contributed by atoms with Crippen LogP contribution in [0.3, 0.4) is 0 Å². The standard InChI is InChI=1S/C20H28NO/c1-3-15-5-4-14(2)21(12-15)13-19(22)20-9-16-6-17(10-20)8-18(7-16)11-20/h4-5,12,16-18H,3,6-11,13H2,1-2H3/q+1. The summed E-state index contributed by atoms with van der Waals surface area (Å²) in [7, 11) is 0. The fourth-order valence-electron chi connectivity index (χ4n) is 5.82. The Morgan fingerprint density at radius 3 is 2.27 bits per heavy atom. The quantitative estimate of drug-likeness (QED) is 0.778. The summed E-state index contributed by atoms with van der Waals surface area (Å²) >= 11 is 0. The largest absolute Gasteiger partial charge is 0.292 e. The molecule has 0 aliphatic heterocycles. The molecular formula is C20H28NO+. The molecule has 0 atom stereocenters. The number of hydrogen-bond acceptors (Lipinski definition) is 1. The van der Waals surface area contributed by atoms with Crippen LogP contribution < -0.4 is 4.57 Å². The number of pyridine rings is 1. The summed E-state index contributed by atoms with van der Waals surface area (Å²) in [5.41, 5.74) is 2.57. The highest BCUT2D eigenvalue weighted by Gasteiger charge is 2.55. The molecule has 1 heterocycles. The maximum absolute atomic E-state index is 13.2. The highest BCUT2D eigenvalue weighted by atomic mass is 16.1. The van der Waals surface area contributed by atoms with Gasteiger partial charge in [0.25, 0.3) is 0 Å². The summed E-state index contributed by atoms with van der Waals surface area (Å²) in [4.78, 5) is 13.2. The third-order valence-corrected chi connectivity index (χ3v) is 6.67. The summed E-state index contributed by atoms with van der Waals surface area (Å²) in [5, 5.41) is 0. The van der Waals surface area contributed by atoms with Crippen molar-refractivity contribution in [2.24, 2.45) is 23.2 Å². The van der Waals surface area contributed by atoms with E-state index >= 15 is 0 Å². The first-order valence-corrected chi connectivity index (χ1v) is 9.10. The predicted molar refractivity (Wildman–Crippen MR) is 86.4 cm³/mol. The van der Waals surface area contributed by atoms with E-state index in [4.69, 9.17) is 0 Å². The minimum absolute atomic E-state index is 0.0381. The highest BCUT2D eigenvalue weighted by Crippen LogP contribution is 2.60. The van der Waals surface area contributed by atoms with Gasteiger partial charge in [-0.1, -0.05) is 6.92 Å². The topological polar surface area (TPSA) is 20.9 Å². The number of aryl methyl sites for hydroxylation is 2. The van der Waals surface area contributed by atoms with E-state index < -0.39 is 0 Å². The van der Waals surface area contributed by atoms with Crippen molar-refractivity contribution in [3.8, 4) is 0 Å². The van der Waals surface area contributed by atoms with E-state index in [2.05, 4.69) is 36.7 Å². The third-order valence-electron chi connectivity index (χ3n) is 6.67. The molecule has 4 fully saturated rings. The van der Waals surface area contributed by atoms with Crippen LogP contribution in [0.1, 0.15) is 56.7 Å². The van der Waals surface area contributed by atoms with Crippen molar-refractivity contribution in [3.63, 3.8) is 0 Å². The number of rotatable bonds is 4. The predicted octanol–water partition coefficient (Wildman–Crippen LogP) is 3.63. The molecule has 4 saturated carbocycles. The fourth-order valence-corrected chi connectivity index (χ4v) is 5.82. The lowest BCUT2D eigenvalue weighted by Crippen LogP contribution is -2.54. The van der Waals surface area contributed by atoms with Crippen molar-refractivity contribution < 1.29 is 9.36 Å². The molecule has 0 radical (unpaired) electrons. The zero-order chi connectivity index (χ0) is 15.3. The Kier molecular flexibility index (Phi) is 3.39. The summed E-state index contributed by atoms with van der Waals surface area (Å²) in [6.07, 6.45) is 11.0. The monoisotopic (exact) mass is 298 g/mol. The first-order chi connectivity index (χ1) is 10.6. The maximum Gasteiger partial charge on any atom is 0.207 e. The molecule has 4 aliphatic carbocycles. The van der Waals surface area contributed by atoms with Gasteiger partial charge < -0.3 is 0 Å². The Bertz CT molecular complexity index is 568. The average Bonchev–Trinajstić information content (AvgIpc) is 2.48. The molecule has 4 bridgehead atoms. The fraction of sp³-hybridized carbons (Fsp3) is 0.700. The van der Waals surface area contributed by atoms with Crippen LogP contribution >= 0.6 is 0 Å². The van der Waals surface area contributed by atoms with E-state index in [9.17, 15) is 4.79 Å². The molecule has 118 valence electrons. The van der Waals surface area contributed by atoms with Crippen molar-refractivity contribution in [1.29, 1.82) is 0 Å². The van der Waals surface area contributed by atoms with Gasteiger partial charge in [-0.15, -0.1) is 0 Å². The van der Waals surface area contributed by atoms with Crippen LogP contribution in [-0.4, -0.2) is 5.78 Å². The maximum atomic E-state index is 13.2. The molecule has 1 aromatic heterocycles. The molecule has 0 saturated heterocycles. The van der Waals surface area contributed by atoms with Gasteiger partial charge >= 0.3 is 0 Å². The Morgan fingerprint density at radius 1 is 1.14 bits per heavy atom. The van der Waals surface area contributed by atoms with Gasteiger partial charge in [0.1, 0.15) is 0 Å². The summed E-state index contributed by atoms with van der Waals surface area (Å²) in [6, 6.07) is 4.34. The van der Waals surface area contributed by atoms with Crippen molar-refractivity contribution in [2.75, 3.05) is 0 Å². The first kappa shape index (κ1) is 14.4. The number of ketones is 1. The molecular weight excluding hydrogens is 270 g/mol. The Balaban J connectivity index is 1.57. The van der Waals surface area contributed by atoms with Gasteiger partial charge in [0.2, 0.25) is 12.3 Å². The summed E-state index contributed by atoms with van der Waals surface area (Å²) in [6.45, 7) is 4.88. The van der Waals surface area contributed by atoms with Gasteiger partial charge in [0.15, 0.2) is 11.9 Å². The molecule has 0 unspecified atom stereocenters. The zero-order valence-electron chi connectivity index (χ0n) is 14.0. The second kappa shape index (κ2) is 5.18. The first-order valence-electron chi connectivity index (χ1n) is 9.10. The van der Waals surface area contributed by atoms with Crippen LogP contribution in [0.2, 0.25) is 0 Å². The van der Waals surface area contributed by atoms with Crippen LogP contribution in [-0.2, 0) is 17.8 Å². The van der Waals surface area contributed by atoms with Crippen LogP contribution in [0, 0.1) is 30.1 Å². The van der Waals surface area contributed by atoms with E-state index in [1.54, 1.807) is 0 Å². The highest BCUT2D eigenvalue weighted by molar-refractivity contribution is 5.84. The average molecular weight is 298 g/mol. The Morgan fingerprint density at radius 2 is 1.73 bits per heavy atom. The van der Waals surface area contributed by atoms with E-state index in [1.165, 1.54) is 49.8 Å². The molecule has 2 heteroatoms. The SMILES string of the molecule is CCc1ccc(C)[n+](CC(=O)C23CC4CC(CC(C4)C2)C3)c1. The van der Waals surface area contributed by atoms with Crippen molar-refractivity contribution >= 4 is 5.78 Å². The number of Topliss-reactive ketones (excluding diaryl/α,β-unsaturated/α-hetero) is 1. The number of aromatic nitrogens is 1. The lowest BCUT2D eigenvalue weighted by molar-refractivity contribution is -0.691. The van der Waals surface area contributed by atoms with Gasteiger partial charge in [-0.3, -0.25) is 4.79 Å². The molecule has 5 rings (SSSR count). The van der Waals surface area contributed by atoms with Crippen LogP contribution in [0.15, 0.2) is 18.3 Å². The minimum atomic E-state index is 0.0381. The van der Waals surface area contributed by atoms with Crippen LogP contribution in [0.5, 0.6) is 0 Å². The van der Waals surface area contributed by atoms with Gasteiger partial charge in [-0.2, -0.15) is 4.57 Å². The third kappa shape index (κ3) is 2.31. The Hall–Kier alpha value is -1.18. The number of carbonyl (C=O) groups excluding carboxylic acids is 1. The van der Waals surface area contributed by atoms with Crippen LogP contribution in [0.4, 0.5) is 0 Å². The van der Waals surface area contributed by atoms with E-state index in [0.717, 1.165) is 24.2 Å². The van der Waals surface area contributed by atoms with E-state index in [1.807, 2.05) is 0 Å². The molecule has 1 aromatic rings. The number of carbonyl (C=O) groups is 1. The summed E-state index contributed by atoms with van der Waals surface area (Å²) < 4.78 is 2.19. The van der Waals surface area contributed by atoms with Gasteiger partial charge in [0, 0.05) is 24.0 Å². The van der Waals surface area contributed by atoms with E-state index in [-0.39, 0.29) is 5.41 Å². The van der Waals surface area contributed by atoms with Crippen LogP contribution in [0.25, 0.3) is 0 Å². The molecule has 22 heavy (non-hydrogen) atoms. The van der Waals surface area contributed by atoms with Crippen molar-refractivity contribution in [3.05, 3.63) is 29.6 Å². The number of nitrogens with zero attached hydrogens (tertiary/aromatic N) is 1. The smallest absolute Gasteiger partial charge is 0.207 e.